The van der Waals surface area contributed by atoms with Crippen molar-refractivity contribution in [2.75, 3.05) is 32.8 Å². The number of carbonyl (C=O) groups excluding carboxylic acids is 2. The van der Waals surface area contributed by atoms with Gasteiger partial charge in [0.15, 0.2) is 0 Å². The Hall–Kier alpha value is -1.59. The first kappa shape index (κ1) is 17.8. The van der Waals surface area contributed by atoms with E-state index in [4.69, 9.17) is 16.7 Å². The fraction of sp³-hybridized carbons (Fsp3) is 0.529. The minimum atomic E-state index is -0.466. The van der Waals surface area contributed by atoms with E-state index in [1.165, 1.54) is 5.56 Å². The number of hydrogen-bond donors (Lipinski definition) is 1. The lowest BCUT2D eigenvalue weighted by atomic mass is 9.97. The van der Waals surface area contributed by atoms with Crippen LogP contribution in [0, 0.1) is 5.92 Å². The van der Waals surface area contributed by atoms with Gasteiger partial charge in [-0.3, -0.25) is 9.59 Å². The van der Waals surface area contributed by atoms with E-state index in [9.17, 15) is 9.59 Å². The van der Waals surface area contributed by atoms with Crippen LogP contribution in [-0.2, 0) is 16.0 Å². The number of rotatable bonds is 5. The molecule has 1 aromatic rings. The van der Waals surface area contributed by atoms with Gasteiger partial charge < -0.3 is 14.9 Å². The first-order valence-electron chi connectivity index (χ1n) is 7.90. The molecule has 1 N–H and O–H groups in total. The van der Waals surface area contributed by atoms with Gasteiger partial charge in [-0.25, -0.2) is 0 Å². The van der Waals surface area contributed by atoms with Crippen LogP contribution in [0.5, 0.6) is 0 Å². The van der Waals surface area contributed by atoms with E-state index in [2.05, 4.69) is 6.92 Å². The first-order chi connectivity index (χ1) is 11.0. The van der Waals surface area contributed by atoms with Gasteiger partial charge in [-0.05, 0) is 30.0 Å². The Labute approximate surface area is 141 Å². The number of aliphatic hydroxyl groups excluding tert-OH is 1. The van der Waals surface area contributed by atoms with Gasteiger partial charge >= 0.3 is 0 Å². The first-order valence-corrected chi connectivity index (χ1v) is 8.28. The SMILES string of the molecule is CC(CC(=O)N1CCN(C(=O)CO)CC1)Cc1ccc(Cl)cc1. The van der Waals surface area contributed by atoms with Gasteiger partial charge in [-0.2, -0.15) is 0 Å². The molecule has 0 aromatic heterocycles. The van der Waals surface area contributed by atoms with Crippen LogP contribution in [0.15, 0.2) is 24.3 Å². The number of benzene rings is 1. The van der Waals surface area contributed by atoms with Gasteiger partial charge in [0.2, 0.25) is 11.8 Å². The van der Waals surface area contributed by atoms with E-state index < -0.39 is 6.61 Å². The zero-order valence-corrected chi connectivity index (χ0v) is 14.1. The molecule has 1 atom stereocenters. The van der Waals surface area contributed by atoms with Gasteiger partial charge in [0, 0.05) is 37.6 Å². The van der Waals surface area contributed by atoms with Crippen molar-refractivity contribution in [2.24, 2.45) is 5.92 Å². The van der Waals surface area contributed by atoms with Crippen LogP contribution in [0.3, 0.4) is 0 Å². The second-order valence-electron chi connectivity index (χ2n) is 6.06. The standard InChI is InChI=1S/C17H23ClN2O3/c1-13(10-14-2-4-15(18)5-3-14)11-16(22)19-6-8-20(9-7-19)17(23)12-21/h2-5,13,21H,6-12H2,1H3. The van der Waals surface area contributed by atoms with Crippen molar-refractivity contribution in [3.05, 3.63) is 34.9 Å². The number of aliphatic hydroxyl groups is 1. The molecule has 0 saturated carbocycles. The van der Waals surface area contributed by atoms with Crippen LogP contribution in [0.2, 0.25) is 5.02 Å². The van der Waals surface area contributed by atoms with Gasteiger partial charge in [0.1, 0.15) is 6.61 Å². The van der Waals surface area contributed by atoms with Crippen LogP contribution in [0.4, 0.5) is 0 Å². The maximum atomic E-state index is 12.4. The molecular formula is C17H23ClN2O3. The average molecular weight is 339 g/mol. The summed E-state index contributed by atoms with van der Waals surface area (Å²) in [7, 11) is 0. The number of hydrogen-bond acceptors (Lipinski definition) is 3. The second kappa shape index (κ2) is 8.31. The summed E-state index contributed by atoms with van der Waals surface area (Å²) < 4.78 is 0. The summed E-state index contributed by atoms with van der Waals surface area (Å²) >= 11 is 5.87. The van der Waals surface area contributed by atoms with Gasteiger partial charge in [-0.1, -0.05) is 30.7 Å². The number of carbonyl (C=O) groups is 2. The molecule has 0 bridgehead atoms. The highest BCUT2D eigenvalue weighted by Gasteiger charge is 2.24. The fourth-order valence-electron chi connectivity index (χ4n) is 2.83. The van der Waals surface area contributed by atoms with E-state index >= 15 is 0 Å². The normalized spacial score (nSPS) is 16.3. The summed E-state index contributed by atoms with van der Waals surface area (Å²) in [6.45, 7) is 3.67. The topological polar surface area (TPSA) is 60.9 Å². The van der Waals surface area contributed by atoms with Crippen molar-refractivity contribution in [1.82, 2.24) is 9.80 Å². The largest absolute Gasteiger partial charge is 0.387 e. The zero-order chi connectivity index (χ0) is 16.8. The summed E-state index contributed by atoms with van der Waals surface area (Å²) in [5.41, 5.74) is 1.17. The molecule has 126 valence electrons. The molecular weight excluding hydrogens is 316 g/mol. The number of halogens is 1. The van der Waals surface area contributed by atoms with E-state index in [0.29, 0.717) is 37.6 Å². The van der Waals surface area contributed by atoms with Crippen LogP contribution in [-0.4, -0.2) is 59.5 Å². The quantitative estimate of drug-likeness (QED) is 0.886. The molecule has 1 unspecified atom stereocenters. The summed E-state index contributed by atoms with van der Waals surface area (Å²) in [6.07, 6.45) is 1.34. The molecule has 1 heterocycles. The molecule has 6 heteroatoms. The molecule has 1 aromatic carbocycles. The summed E-state index contributed by atoms with van der Waals surface area (Å²) in [6, 6.07) is 7.71. The molecule has 0 spiro atoms. The van der Waals surface area contributed by atoms with Gasteiger partial charge in [0.05, 0.1) is 0 Å². The summed E-state index contributed by atoms with van der Waals surface area (Å²) in [4.78, 5) is 27.2. The van der Waals surface area contributed by atoms with E-state index in [0.717, 1.165) is 6.42 Å². The Morgan fingerprint density at radius 1 is 1.09 bits per heavy atom. The third-order valence-electron chi connectivity index (χ3n) is 4.14. The molecule has 23 heavy (non-hydrogen) atoms. The van der Waals surface area contributed by atoms with Gasteiger partial charge in [-0.15, -0.1) is 0 Å². The van der Waals surface area contributed by atoms with Crippen molar-refractivity contribution in [2.45, 2.75) is 19.8 Å². The van der Waals surface area contributed by atoms with Crippen LogP contribution in [0.25, 0.3) is 0 Å². The van der Waals surface area contributed by atoms with E-state index in [-0.39, 0.29) is 17.7 Å². The van der Waals surface area contributed by atoms with E-state index in [1.54, 1.807) is 9.80 Å². The predicted molar refractivity (Wildman–Crippen MR) is 89.2 cm³/mol. The lowest BCUT2D eigenvalue weighted by molar-refractivity contribution is -0.141. The molecule has 2 amide bonds. The second-order valence-corrected chi connectivity index (χ2v) is 6.50. The van der Waals surface area contributed by atoms with E-state index in [1.807, 2.05) is 24.3 Å². The van der Waals surface area contributed by atoms with Crippen LogP contribution >= 0.6 is 11.6 Å². The Balaban J connectivity index is 1.78. The van der Waals surface area contributed by atoms with Crippen molar-refractivity contribution in [3.63, 3.8) is 0 Å². The average Bonchev–Trinajstić information content (AvgIpc) is 2.56. The lowest BCUT2D eigenvalue weighted by Gasteiger charge is -2.35. The highest BCUT2D eigenvalue weighted by Crippen LogP contribution is 2.16. The molecule has 1 aliphatic heterocycles. The maximum absolute atomic E-state index is 12.4. The third-order valence-corrected chi connectivity index (χ3v) is 4.39. The highest BCUT2D eigenvalue weighted by atomic mass is 35.5. The van der Waals surface area contributed by atoms with Crippen molar-refractivity contribution in [1.29, 1.82) is 0 Å². The zero-order valence-electron chi connectivity index (χ0n) is 13.4. The molecule has 1 aliphatic rings. The maximum Gasteiger partial charge on any atom is 0.248 e. The third kappa shape index (κ3) is 5.22. The molecule has 2 rings (SSSR count). The smallest absolute Gasteiger partial charge is 0.248 e. The summed E-state index contributed by atoms with van der Waals surface area (Å²) in [5, 5.41) is 9.57. The van der Waals surface area contributed by atoms with Crippen molar-refractivity contribution < 1.29 is 14.7 Å². The minimum absolute atomic E-state index is 0.127. The van der Waals surface area contributed by atoms with Crippen LogP contribution in [0.1, 0.15) is 18.9 Å². The Kier molecular flexibility index (Phi) is 6.42. The lowest BCUT2D eigenvalue weighted by Crippen LogP contribution is -2.51. The Bertz CT molecular complexity index is 539. The molecule has 0 radical (unpaired) electrons. The Morgan fingerprint density at radius 3 is 2.13 bits per heavy atom. The monoisotopic (exact) mass is 338 g/mol. The fourth-order valence-corrected chi connectivity index (χ4v) is 2.95. The molecule has 1 fully saturated rings. The van der Waals surface area contributed by atoms with Crippen LogP contribution < -0.4 is 0 Å². The number of amides is 2. The number of piperazine rings is 1. The molecule has 0 aliphatic carbocycles. The van der Waals surface area contributed by atoms with Crippen molar-refractivity contribution >= 4 is 23.4 Å². The number of nitrogens with zero attached hydrogens (tertiary/aromatic N) is 2. The molecule has 1 saturated heterocycles. The minimum Gasteiger partial charge on any atom is -0.387 e. The highest BCUT2D eigenvalue weighted by molar-refractivity contribution is 6.30. The van der Waals surface area contributed by atoms with Gasteiger partial charge in [0.25, 0.3) is 0 Å². The Morgan fingerprint density at radius 2 is 1.61 bits per heavy atom. The van der Waals surface area contributed by atoms with Crippen molar-refractivity contribution in [3.8, 4) is 0 Å². The summed E-state index contributed by atoms with van der Waals surface area (Å²) in [5.74, 6) is 0.108. The predicted octanol–water partition coefficient (Wildman–Crippen LogP) is 1.57. The molecule has 5 nitrogen and oxygen atoms in total.